The molecule has 44 heavy (non-hydrogen) atoms. The van der Waals surface area contributed by atoms with Crippen molar-refractivity contribution in [2.24, 2.45) is 5.10 Å². The van der Waals surface area contributed by atoms with Crippen molar-refractivity contribution in [3.05, 3.63) is 137 Å². The van der Waals surface area contributed by atoms with Crippen LogP contribution in [-0.4, -0.2) is 60.6 Å². The largest absolute Gasteiger partial charge is 0.484 e. The lowest BCUT2D eigenvalue weighted by Crippen LogP contribution is -2.45. The lowest BCUT2D eigenvalue weighted by Gasteiger charge is -2.34. The van der Waals surface area contributed by atoms with Crippen molar-refractivity contribution in [3.63, 3.8) is 0 Å². The first-order chi connectivity index (χ1) is 21.5. The first kappa shape index (κ1) is 30.7. The van der Waals surface area contributed by atoms with Crippen LogP contribution in [0.1, 0.15) is 45.6 Å². The molecule has 5 rings (SSSR count). The zero-order valence-corrected chi connectivity index (χ0v) is 25.1. The number of hydrogen-bond acceptors (Lipinski definition) is 6. The number of carbonyl (C=O) groups is 2. The van der Waals surface area contributed by atoms with E-state index >= 15 is 0 Å². The molecule has 226 valence electrons. The number of carbonyl (C=O) groups excluding carboxylic acids is 2. The van der Waals surface area contributed by atoms with Gasteiger partial charge in [-0.25, -0.2) is 5.43 Å². The van der Waals surface area contributed by atoms with Crippen molar-refractivity contribution in [2.45, 2.75) is 26.1 Å². The highest BCUT2D eigenvalue weighted by atomic mass is 16.5. The Morgan fingerprint density at radius 3 is 1.95 bits per heavy atom. The van der Waals surface area contributed by atoms with E-state index < -0.39 is 0 Å². The van der Waals surface area contributed by atoms with Crippen LogP contribution in [0.4, 0.5) is 0 Å². The molecule has 0 unspecified atom stereocenters. The number of ether oxygens (including phenoxy) is 1. The molecule has 2 N–H and O–H groups in total. The second-order valence-corrected chi connectivity index (χ2v) is 11.0. The highest BCUT2D eigenvalue weighted by Gasteiger charge is 2.17. The number of nitrogens with zero attached hydrogens (tertiary/aromatic N) is 3. The zero-order valence-electron chi connectivity index (χ0n) is 25.1. The topological polar surface area (TPSA) is 86.3 Å². The number of nitrogens with one attached hydrogen (secondary N) is 2. The van der Waals surface area contributed by atoms with Gasteiger partial charge < -0.3 is 10.1 Å². The molecule has 1 aliphatic rings. The van der Waals surface area contributed by atoms with Crippen LogP contribution >= 0.6 is 0 Å². The Bertz CT molecular complexity index is 1500. The molecule has 2 amide bonds. The Morgan fingerprint density at radius 1 is 0.773 bits per heavy atom. The average molecular weight is 590 g/mol. The third-order valence-corrected chi connectivity index (χ3v) is 7.64. The van der Waals surface area contributed by atoms with E-state index in [0.717, 1.165) is 50.4 Å². The van der Waals surface area contributed by atoms with Crippen molar-refractivity contribution >= 4 is 18.0 Å². The van der Waals surface area contributed by atoms with Crippen LogP contribution in [-0.2, 0) is 17.9 Å². The highest BCUT2D eigenvalue weighted by Crippen LogP contribution is 2.14. The van der Waals surface area contributed by atoms with Crippen LogP contribution in [0.15, 0.2) is 114 Å². The van der Waals surface area contributed by atoms with Gasteiger partial charge >= 0.3 is 0 Å². The van der Waals surface area contributed by atoms with E-state index in [9.17, 15) is 9.59 Å². The van der Waals surface area contributed by atoms with Crippen LogP contribution in [0.2, 0.25) is 0 Å². The minimum absolute atomic E-state index is 0.0785. The molecule has 1 saturated heterocycles. The summed E-state index contributed by atoms with van der Waals surface area (Å²) in [4.78, 5) is 29.8. The summed E-state index contributed by atoms with van der Waals surface area (Å²) in [7, 11) is 0. The molecular weight excluding hydrogens is 550 g/mol. The van der Waals surface area contributed by atoms with E-state index in [0.29, 0.717) is 11.3 Å². The first-order valence-electron chi connectivity index (χ1n) is 15.0. The molecule has 0 radical (unpaired) electrons. The second-order valence-electron chi connectivity index (χ2n) is 11.0. The normalized spacial score (nSPS) is 14.7. The second kappa shape index (κ2) is 15.6. The van der Waals surface area contributed by atoms with E-state index in [-0.39, 0.29) is 24.5 Å². The Hall–Kier alpha value is -4.79. The zero-order chi connectivity index (χ0) is 30.6. The summed E-state index contributed by atoms with van der Waals surface area (Å²) in [5.74, 6) is 0.112. The van der Waals surface area contributed by atoms with Gasteiger partial charge in [0.1, 0.15) is 5.75 Å². The molecule has 4 aromatic carbocycles. The molecule has 1 heterocycles. The fraction of sp³-hybridized carbons (Fsp3) is 0.250. The van der Waals surface area contributed by atoms with Gasteiger partial charge in [-0.3, -0.25) is 19.4 Å². The highest BCUT2D eigenvalue weighted by molar-refractivity contribution is 5.94. The van der Waals surface area contributed by atoms with Crippen molar-refractivity contribution in [1.29, 1.82) is 0 Å². The van der Waals surface area contributed by atoms with E-state index in [1.165, 1.54) is 11.1 Å². The predicted octanol–water partition coefficient (Wildman–Crippen LogP) is 5.02. The smallest absolute Gasteiger partial charge is 0.271 e. The molecule has 1 aliphatic heterocycles. The fourth-order valence-corrected chi connectivity index (χ4v) is 5.10. The summed E-state index contributed by atoms with van der Waals surface area (Å²) < 4.78 is 5.61. The number of hydrogen-bond donors (Lipinski definition) is 2. The first-order valence-corrected chi connectivity index (χ1v) is 15.0. The van der Waals surface area contributed by atoms with Gasteiger partial charge in [-0.15, -0.1) is 0 Å². The average Bonchev–Trinajstić information content (AvgIpc) is 3.06. The summed E-state index contributed by atoms with van der Waals surface area (Å²) in [5, 5.41) is 7.02. The number of rotatable bonds is 12. The minimum Gasteiger partial charge on any atom is -0.484 e. The van der Waals surface area contributed by atoms with Gasteiger partial charge in [-0.2, -0.15) is 5.10 Å². The number of amides is 2. The van der Waals surface area contributed by atoms with Crippen LogP contribution in [0, 0.1) is 0 Å². The summed E-state index contributed by atoms with van der Waals surface area (Å²) in [6.07, 6.45) is 1.57. The number of piperazine rings is 1. The molecule has 4 aromatic rings. The van der Waals surface area contributed by atoms with Crippen molar-refractivity contribution in [2.75, 3.05) is 32.8 Å². The Morgan fingerprint density at radius 2 is 1.34 bits per heavy atom. The van der Waals surface area contributed by atoms with Crippen LogP contribution in [0.25, 0.3) is 0 Å². The molecule has 0 spiro atoms. The molecule has 0 bridgehead atoms. The Kier molecular flexibility index (Phi) is 10.9. The maximum Gasteiger partial charge on any atom is 0.271 e. The molecule has 0 aliphatic carbocycles. The molecular formula is C36H39N5O3. The van der Waals surface area contributed by atoms with Crippen LogP contribution in [0.5, 0.6) is 5.75 Å². The van der Waals surface area contributed by atoms with Crippen LogP contribution < -0.4 is 15.5 Å². The molecule has 0 saturated carbocycles. The van der Waals surface area contributed by atoms with E-state index in [1.807, 2.05) is 73.7 Å². The van der Waals surface area contributed by atoms with Crippen LogP contribution in [0.3, 0.4) is 0 Å². The standard InChI is InChI=1S/C36H39N5O3/c1-28(32-10-6-3-7-11-32)38-35(42)27-44-34-18-14-29(15-19-34)24-37-39-36(43)33-16-12-31(13-17-33)26-41-22-20-40(21-23-41)25-30-8-4-2-5-9-30/h2-19,24,28H,20-23,25-27H2,1H3,(H,38,42)(H,39,43)/b37-24-/t28-/m0/s1. The van der Waals surface area contributed by atoms with Crippen molar-refractivity contribution < 1.29 is 14.3 Å². The molecule has 8 nitrogen and oxygen atoms in total. The maximum atomic E-state index is 12.6. The monoisotopic (exact) mass is 589 g/mol. The SMILES string of the molecule is C[C@H](NC(=O)COc1ccc(/C=N\NC(=O)c2ccc(CN3CCN(Cc4ccccc4)CC3)cc2)cc1)c1ccccc1. The van der Waals surface area contributed by atoms with Gasteiger partial charge in [0.25, 0.3) is 11.8 Å². The van der Waals surface area contributed by atoms with E-state index in [2.05, 4.69) is 56.0 Å². The Balaban J connectivity index is 1.00. The summed E-state index contributed by atoms with van der Waals surface area (Å²) in [5.41, 5.74) is 7.52. The predicted molar refractivity (Wildman–Crippen MR) is 173 cm³/mol. The molecule has 8 heteroatoms. The van der Waals surface area contributed by atoms with E-state index in [1.54, 1.807) is 18.3 Å². The summed E-state index contributed by atoms with van der Waals surface area (Å²) in [6, 6.07) is 35.1. The summed E-state index contributed by atoms with van der Waals surface area (Å²) in [6.45, 7) is 7.88. The summed E-state index contributed by atoms with van der Waals surface area (Å²) >= 11 is 0. The third kappa shape index (κ3) is 9.36. The quantitative estimate of drug-likeness (QED) is 0.179. The molecule has 1 fully saturated rings. The van der Waals surface area contributed by atoms with Gasteiger partial charge in [0, 0.05) is 44.8 Å². The Labute approximate surface area is 259 Å². The van der Waals surface area contributed by atoms with Gasteiger partial charge in [-0.05, 0) is 65.6 Å². The van der Waals surface area contributed by atoms with E-state index in [4.69, 9.17) is 4.74 Å². The molecule has 1 atom stereocenters. The molecule has 0 aromatic heterocycles. The third-order valence-electron chi connectivity index (χ3n) is 7.64. The van der Waals surface area contributed by atoms with Crippen molar-refractivity contribution in [1.82, 2.24) is 20.5 Å². The fourth-order valence-electron chi connectivity index (χ4n) is 5.10. The van der Waals surface area contributed by atoms with Gasteiger partial charge in [0.05, 0.1) is 12.3 Å². The minimum atomic E-state index is -0.266. The number of benzene rings is 4. The van der Waals surface area contributed by atoms with Gasteiger partial charge in [0.2, 0.25) is 0 Å². The lowest BCUT2D eigenvalue weighted by atomic mass is 10.1. The lowest BCUT2D eigenvalue weighted by molar-refractivity contribution is -0.123. The van der Waals surface area contributed by atoms with Crippen molar-refractivity contribution in [3.8, 4) is 5.75 Å². The van der Waals surface area contributed by atoms with Gasteiger partial charge in [0.15, 0.2) is 6.61 Å². The van der Waals surface area contributed by atoms with Gasteiger partial charge in [-0.1, -0.05) is 72.8 Å². The number of hydrazone groups is 1. The maximum absolute atomic E-state index is 12.6.